The van der Waals surface area contributed by atoms with Crippen molar-refractivity contribution in [2.75, 3.05) is 14.2 Å². The van der Waals surface area contributed by atoms with Gasteiger partial charge in [-0.3, -0.25) is 9.59 Å². The normalized spacial score (nSPS) is 15.2. The van der Waals surface area contributed by atoms with E-state index in [1.807, 2.05) is 47.7 Å². The quantitative estimate of drug-likeness (QED) is 0.584. The first kappa shape index (κ1) is 22.8. The molecule has 0 radical (unpaired) electrons. The van der Waals surface area contributed by atoms with Gasteiger partial charge < -0.3 is 19.5 Å². The van der Waals surface area contributed by atoms with E-state index in [1.54, 1.807) is 31.4 Å². The highest BCUT2D eigenvalue weighted by atomic mass is 16.5. The van der Waals surface area contributed by atoms with Crippen molar-refractivity contribution < 1.29 is 14.3 Å². The van der Waals surface area contributed by atoms with Gasteiger partial charge in [0.05, 0.1) is 24.2 Å². The van der Waals surface area contributed by atoms with E-state index in [4.69, 9.17) is 9.72 Å². The lowest BCUT2D eigenvalue weighted by Crippen LogP contribution is -2.40. The molecule has 3 aromatic rings. The third kappa shape index (κ3) is 5.02. The van der Waals surface area contributed by atoms with Crippen molar-refractivity contribution in [3.05, 3.63) is 59.9 Å². The molecule has 1 N–H and O–H groups in total. The first-order valence-corrected chi connectivity index (χ1v) is 11.6. The maximum Gasteiger partial charge on any atom is 0.251 e. The summed E-state index contributed by atoms with van der Waals surface area (Å²) in [6.45, 7) is 2.10. The van der Waals surface area contributed by atoms with Crippen LogP contribution in [0.4, 0.5) is 0 Å². The van der Waals surface area contributed by atoms with Crippen LogP contribution in [0.1, 0.15) is 61.3 Å². The molecule has 1 saturated carbocycles. The summed E-state index contributed by atoms with van der Waals surface area (Å²) in [6, 6.07) is 14.7. The second-order valence-electron chi connectivity index (χ2n) is 8.76. The van der Waals surface area contributed by atoms with Crippen LogP contribution in [0.3, 0.4) is 0 Å². The zero-order chi connectivity index (χ0) is 23.4. The predicted molar refractivity (Wildman–Crippen MR) is 128 cm³/mol. The SMILES string of the molecule is COc1ccc(C(=O)NC(C)c2nc3ccccc3n2CC(=O)N(C)C2CCCCC2)cc1. The van der Waals surface area contributed by atoms with E-state index < -0.39 is 0 Å². The number of nitrogens with one attached hydrogen (secondary N) is 1. The summed E-state index contributed by atoms with van der Waals surface area (Å²) >= 11 is 0. The molecule has 0 aliphatic heterocycles. The maximum absolute atomic E-state index is 13.2. The molecule has 1 aliphatic carbocycles. The Morgan fingerprint density at radius 2 is 1.82 bits per heavy atom. The Labute approximate surface area is 194 Å². The van der Waals surface area contributed by atoms with Gasteiger partial charge in [0.25, 0.3) is 5.91 Å². The lowest BCUT2D eigenvalue weighted by atomic mass is 9.94. The second kappa shape index (κ2) is 10.1. The van der Waals surface area contributed by atoms with Crippen LogP contribution in [0, 0.1) is 0 Å². The number of para-hydroxylation sites is 2. The largest absolute Gasteiger partial charge is 0.497 e. The molecule has 33 heavy (non-hydrogen) atoms. The molecule has 0 bridgehead atoms. The van der Waals surface area contributed by atoms with Crippen LogP contribution in [0.25, 0.3) is 11.0 Å². The number of hydrogen-bond acceptors (Lipinski definition) is 4. The highest BCUT2D eigenvalue weighted by Gasteiger charge is 2.25. The molecule has 1 fully saturated rings. The third-order valence-electron chi connectivity index (χ3n) is 6.58. The van der Waals surface area contributed by atoms with Gasteiger partial charge in [-0.15, -0.1) is 0 Å². The zero-order valence-electron chi connectivity index (χ0n) is 19.6. The van der Waals surface area contributed by atoms with Gasteiger partial charge in [-0.05, 0) is 56.2 Å². The first-order valence-electron chi connectivity index (χ1n) is 11.6. The van der Waals surface area contributed by atoms with Crippen LogP contribution in [0.5, 0.6) is 5.75 Å². The number of methoxy groups -OCH3 is 1. The number of aromatic nitrogens is 2. The van der Waals surface area contributed by atoms with Gasteiger partial charge in [0, 0.05) is 18.7 Å². The van der Waals surface area contributed by atoms with Crippen molar-refractivity contribution in [2.24, 2.45) is 0 Å². The molecular formula is C26H32N4O3. The number of carbonyl (C=O) groups is 2. The molecule has 174 valence electrons. The number of rotatable bonds is 7. The van der Waals surface area contributed by atoms with Crippen molar-refractivity contribution in [1.82, 2.24) is 19.8 Å². The Morgan fingerprint density at radius 3 is 2.52 bits per heavy atom. The number of benzene rings is 2. The lowest BCUT2D eigenvalue weighted by molar-refractivity contribution is -0.133. The number of amides is 2. The fourth-order valence-corrected chi connectivity index (χ4v) is 4.60. The average molecular weight is 449 g/mol. The van der Waals surface area contributed by atoms with Crippen molar-refractivity contribution in [3.63, 3.8) is 0 Å². The molecule has 2 amide bonds. The van der Waals surface area contributed by atoms with Crippen LogP contribution in [-0.2, 0) is 11.3 Å². The van der Waals surface area contributed by atoms with Crippen LogP contribution in [0.15, 0.2) is 48.5 Å². The molecule has 1 aliphatic rings. The minimum absolute atomic E-state index is 0.0694. The van der Waals surface area contributed by atoms with E-state index in [9.17, 15) is 9.59 Å². The molecule has 2 aromatic carbocycles. The molecule has 1 atom stereocenters. The summed E-state index contributed by atoms with van der Waals surface area (Å²) in [7, 11) is 3.50. The van der Waals surface area contributed by atoms with E-state index in [-0.39, 0.29) is 24.4 Å². The predicted octanol–water partition coefficient (Wildman–Crippen LogP) is 4.33. The third-order valence-corrected chi connectivity index (χ3v) is 6.58. The summed E-state index contributed by atoms with van der Waals surface area (Å²) in [5.74, 6) is 1.24. The number of carbonyl (C=O) groups excluding carboxylic acids is 2. The second-order valence-corrected chi connectivity index (χ2v) is 8.76. The Morgan fingerprint density at radius 1 is 1.12 bits per heavy atom. The highest BCUT2D eigenvalue weighted by Crippen LogP contribution is 2.24. The van der Waals surface area contributed by atoms with E-state index in [0.29, 0.717) is 23.2 Å². The summed E-state index contributed by atoms with van der Waals surface area (Å²) in [6.07, 6.45) is 5.73. The van der Waals surface area contributed by atoms with Gasteiger partial charge in [0.1, 0.15) is 18.1 Å². The van der Waals surface area contributed by atoms with E-state index in [2.05, 4.69) is 5.32 Å². The summed E-state index contributed by atoms with van der Waals surface area (Å²) in [4.78, 5) is 32.7. The maximum atomic E-state index is 13.2. The number of imidazole rings is 1. The van der Waals surface area contributed by atoms with Gasteiger partial charge in [0.2, 0.25) is 5.91 Å². The first-order chi connectivity index (χ1) is 16.0. The van der Waals surface area contributed by atoms with Crippen LogP contribution in [0.2, 0.25) is 0 Å². The van der Waals surface area contributed by atoms with Gasteiger partial charge in [-0.1, -0.05) is 31.4 Å². The minimum Gasteiger partial charge on any atom is -0.497 e. The van der Waals surface area contributed by atoms with E-state index >= 15 is 0 Å². The molecule has 7 nitrogen and oxygen atoms in total. The molecule has 1 unspecified atom stereocenters. The summed E-state index contributed by atoms with van der Waals surface area (Å²) in [5.41, 5.74) is 2.24. The van der Waals surface area contributed by atoms with Gasteiger partial charge in [-0.2, -0.15) is 0 Å². The molecule has 1 aromatic heterocycles. The van der Waals surface area contributed by atoms with Crippen LogP contribution in [-0.4, -0.2) is 46.5 Å². The molecule has 0 spiro atoms. The monoisotopic (exact) mass is 448 g/mol. The Hall–Kier alpha value is -3.35. The summed E-state index contributed by atoms with van der Waals surface area (Å²) in [5, 5.41) is 3.03. The minimum atomic E-state index is -0.375. The fourth-order valence-electron chi connectivity index (χ4n) is 4.60. The fraction of sp³-hybridized carbons (Fsp3) is 0.423. The van der Waals surface area contributed by atoms with Crippen molar-refractivity contribution in [1.29, 1.82) is 0 Å². The molecular weight excluding hydrogens is 416 g/mol. The Kier molecular flexibility index (Phi) is 6.96. The topological polar surface area (TPSA) is 76.5 Å². The summed E-state index contributed by atoms with van der Waals surface area (Å²) < 4.78 is 7.11. The number of hydrogen-bond donors (Lipinski definition) is 1. The van der Waals surface area contributed by atoms with Crippen molar-refractivity contribution in [2.45, 2.75) is 57.7 Å². The number of ether oxygens (including phenoxy) is 1. The van der Waals surface area contributed by atoms with Gasteiger partial charge in [-0.25, -0.2) is 4.98 Å². The van der Waals surface area contributed by atoms with Gasteiger partial charge in [0.15, 0.2) is 0 Å². The van der Waals surface area contributed by atoms with Crippen LogP contribution < -0.4 is 10.1 Å². The van der Waals surface area contributed by atoms with Crippen molar-refractivity contribution >= 4 is 22.8 Å². The number of nitrogens with zero attached hydrogens (tertiary/aromatic N) is 3. The zero-order valence-corrected chi connectivity index (χ0v) is 19.6. The number of likely N-dealkylation sites (N-methyl/N-ethyl adjacent to an activating group) is 1. The molecule has 1 heterocycles. The van der Waals surface area contributed by atoms with Crippen molar-refractivity contribution in [3.8, 4) is 5.75 Å². The lowest BCUT2D eigenvalue weighted by Gasteiger charge is -2.31. The average Bonchev–Trinajstić information content (AvgIpc) is 3.22. The standard InChI is InChI=1S/C26H32N4O3/c1-18(27-26(32)19-13-15-21(33-3)16-14-19)25-28-22-11-7-8-12-23(22)30(25)17-24(31)29(2)20-9-5-4-6-10-20/h7-8,11-16,18,20H,4-6,9-10,17H2,1-3H3,(H,27,32). The van der Waals surface area contributed by atoms with Crippen LogP contribution >= 0.6 is 0 Å². The Bertz CT molecular complexity index is 1120. The molecule has 4 rings (SSSR count). The Balaban J connectivity index is 1.56. The molecule has 7 heteroatoms. The smallest absolute Gasteiger partial charge is 0.251 e. The number of fused-ring (bicyclic) bond motifs is 1. The van der Waals surface area contributed by atoms with E-state index in [1.165, 1.54) is 19.3 Å². The molecule has 0 saturated heterocycles. The van der Waals surface area contributed by atoms with Gasteiger partial charge >= 0.3 is 0 Å². The van der Waals surface area contributed by atoms with E-state index in [0.717, 1.165) is 23.9 Å². The highest BCUT2D eigenvalue weighted by molar-refractivity contribution is 5.94.